The van der Waals surface area contributed by atoms with E-state index >= 15 is 0 Å². The molecule has 0 saturated carbocycles. The lowest BCUT2D eigenvalue weighted by Crippen LogP contribution is -2.70. The third-order valence-corrected chi connectivity index (χ3v) is 5.38. The molecular formula is C24H31ClN6O8. The second-order valence-corrected chi connectivity index (χ2v) is 8.72. The Morgan fingerprint density at radius 3 is 2.49 bits per heavy atom. The molecule has 0 fully saturated rings. The van der Waals surface area contributed by atoms with Gasteiger partial charge in [-0.05, 0) is 25.8 Å². The molecule has 4 N–H and O–H groups in total. The van der Waals surface area contributed by atoms with E-state index in [1.165, 1.54) is 24.7 Å². The number of aromatic nitrogens is 4. The molecule has 1 aromatic carbocycles. The minimum atomic E-state index is -2.40. The van der Waals surface area contributed by atoms with Crippen molar-refractivity contribution >= 4 is 47.6 Å². The summed E-state index contributed by atoms with van der Waals surface area (Å²) in [6.45, 7) is 5.04. The van der Waals surface area contributed by atoms with Crippen LogP contribution in [0.4, 0.5) is 10.7 Å². The van der Waals surface area contributed by atoms with E-state index in [0.717, 1.165) is 6.92 Å². The first-order chi connectivity index (χ1) is 18.0. The van der Waals surface area contributed by atoms with Crippen molar-refractivity contribution in [2.75, 3.05) is 12.3 Å². The van der Waals surface area contributed by atoms with Crippen molar-refractivity contribution in [3.05, 3.63) is 52.6 Å². The van der Waals surface area contributed by atoms with Crippen LogP contribution in [0.25, 0.3) is 11.2 Å². The number of fused-ring (bicyclic) bond motifs is 1. The molecule has 0 aliphatic heterocycles. The number of esters is 2. The zero-order valence-electron chi connectivity index (χ0n) is 21.9. The lowest BCUT2D eigenvalue weighted by Gasteiger charge is -2.42. The Bertz CT molecular complexity index is 1360. The number of H-pyrrole nitrogens is 1. The average Bonchev–Trinajstić information content (AvgIpc) is 3.26. The van der Waals surface area contributed by atoms with Crippen LogP contribution in [0, 0.1) is 0 Å². The van der Waals surface area contributed by atoms with Crippen LogP contribution >= 0.6 is 12.4 Å². The number of anilines is 1. The third kappa shape index (κ3) is 7.23. The number of halogens is 1. The van der Waals surface area contributed by atoms with Crippen LogP contribution in [0.2, 0.25) is 0 Å². The molecule has 2 aromatic heterocycles. The van der Waals surface area contributed by atoms with Gasteiger partial charge >= 0.3 is 18.0 Å². The summed E-state index contributed by atoms with van der Waals surface area (Å²) in [5, 5.41) is 2.41. The number of amides is 1. The Labute approximate surface area is 229 Å². The maximum absolute atomic E-state index is 13.5. The largest absolute Gasteiger partial charge is 0.462 e. The van der Waals surface area contributed by atoms with Crippen molar-refractivity contribution in [2.24, 2.45) is 0 Å². The first-order valence-corrected chi connectivity index (χ1v) is 11.7. The molecule has 3 aromatic rings. The Morgan fingerprint density at radius 1 is 1.15 bits per heavy atom. The van der Waals surface area contributed by atoms with E-state index in [2.05, 4.69) is 20.3 Å². The number of nitrogens with zero attached hydrogens (tertiary/aromatic N) is 3. The van der Waals surface area contributed by atoms with Gasteiger partial charge in [-0.2, -0.15) is 4.98 Å². The Balaban J connectivity index is 0.00000533. The highest BCUT2D eigenvalue weighted by molar-refractivity contribution is 5.86. The standard InChI is InChI=1S/C24H30N6O8.ClH/c1-5-11-35-20(33)24(23(3,4)38-15(2)31,29-22(34)36-12-16-9-7-6-8-10-16)37-14-30-13-26-17-18(30)27-21(25)28-19(17)32;/h6-10,13H,5,11-12,14H2,1-4H3,(H,29,34)(H3,25,27,28,32);1H/t24-;/m0./s1. The maximum Gasteiger partial charge on any atom is 0.410 e. The number of carbonyl (C=O) groups is 3. The van der Waals surface area contributed by atoms with Gasteiger partial charge in [-0.1, -0.05) is 37.3 Å². The first kappa shape index (κ1) is 31.1. The van der Waals surface area contributed by atoms with E-state index in [-0.39, 0.29) is 42.7 Å². The molecule has 39 heavy (non-hydrogen) atoms. The van der Waals surface area contributed by atoms with Gasteiger partial charge in [-0.3, -0.25) is 24.5 Å². The number of carbonyl (C=O) groups excluding carboxylic acids is 3. The second kappa shape index (κ2) is 13.1. The van der Waals surface area contributed by atoms with Crippen LogP contribution in [-0.4, -0.2) is 55.5 Å². The van der Waals surface area contributed by atoms with Crippen molar-refractivity contribution in [2.45, 2.75) is 58.8 Å². The summed E-state index contributed by atoms with van der Waals surface area (Å²) in [7, 11) is 0. The number of ether oxygens (including phenoxy) is 4. The van der Waals surface area contributed by atoms with Crippen molar-refractivity contribution in [3.8, 4) is 0 Å². The SMILES string of the molecule is CCCOC(=O)[C@](NC(=O)OCc1ccccc1)(OCn1cnc2c(=O)[nH]c(N)nc21)C(C)(C)OC(C)=O.Cl. The number of rotatable bonds is 11. The summed E-state index contributed by atoms with van der Waals surface area (Å²) in [5.41, 5.74) is 1.59. The number of imidazole rings is 1. The summed E-state index contributed by atoms with van der Waals surface area (Å²) in [6.07, 6.45) is 0.657. The molecular weight excluding hydrogens is 536 g/mol. The number of hydrogen-bond acceptors (Lipinski definition) is 11. The van der Waals surface area contributed by atoms with E-state index in [0.29, 0.717) is 12.0 Å². The van der Waals surface area contributed by atoms with Gasteiger partial charge in [0.2, 0.25) is 5.95 Å². The van der Waals surface area contributed by atoms with E-state index in [4.69, 9.17) is 24.7 Å². The Morgan fingerprint density at radius 2 is 1.85 bits per heavy atom. The van der Waals surface area contributed by atoms with Crippen LogP contribution < -0.4 is 16.6 Å². The molecule has 15 heteroatoms. The van der Waals surface area contributed by atoms with Crippen molar-refractivity contribution in [3.63, 3.8) is 0 Å². The van der Waals surface area contributed by atoms with E-state index in [1.807, 2.05) is 6.07 Å². The lowest BCUT2D eigenvalue weighted by atomic mass is 9.93. The minimum Gasteiger partial charge on any atom is -0.462 e. The van der Waals surface area contributed by atoms with Gasteiger partial charge < -0.3 is 24.7 Å². The van der Waals surface area contributed by atoms with Gasteiger partial charge in [0.05, 0.1) is 12.9 Å². The number of hydrogen-bond donors (Lipinski definition) is 3. The molecule has 1 amide bonds. The van der Waals surface area contributed by atoms with E-state index in [1.54, 1.807) is 31.2 Å². The summed E-state index contributed by atoms with van der Waals surface area (Å²) in [4.78, 5) is 60.9. The maximum atomic E-state index is 13.5. The molecule has 0 aliphatic carbocycles. The number of benzene rings is 1. The normalized spacial score (nSPS) is 12.6. The predicted octanol–water partition coefficient (Wildman–Crippen LogP) is 2.02. The van der Waals surface area contributed by atoms with Crippen LogP contribution in [0.15, 0.2) is 41.5 Å². The fourth-order valence-electron chi connectivity index (χ4n) is 3.58. The van der Waals surface area contributed by atoms with Crippen molar-refractivity contribution in [1.82, 2.24) is 24.8 Å². The van der Waals surface area contributed by atoms with Gasteiger partial charge in [-0.25, -0.2) is 14.6 Å². The zero-order chi connectivity index (χ0) is 27.9. The summed E-state index contributed by atoms with van der Waals surface area (Å²) >= 11 is 0. The molecule has 1 atom stereocenters. The molecule has 0 unspecified atom stereocenters. The predicted molar refractivity (Wildman–Crippen MR) is 140 cm³/mol. The van der Waals surface area contributed by atoms with Crippen LogP contribution in [0.3, 0.4) is 0 Å². The first-order valence-electron chi connectivity index (χ1n) is 11.7. The lowest BCUT2D eigenvalue weighted by molar-refractivity contribution is -0.232. The second-order valence-electron chi connectivity index (χ2n) is 8.72. The molecule has 0 aliphatic rings. The number of aromatic amines is 1. The molecule has 3 rings (SSSR count). The van der Waals surface area contributed by atoms with E-state index in [9.17, 15) is 19.2 Å². The molecule has 212 valence electrons. The minimum absolute atomic E-state index is 0. The number of alkyl carbamates (subject to hydrolysis) is 1. The highest BCUT2D eigenvalue weighted by Crippen LogP contribution is 2.31. The molecule has 0 radical (unpaired) electrons. The van der Waals surface area contributed by atoms with E-state index < -0.39 is 41.6 Å². The van der Waals surface area contributed by atoms with Crippen molar-refractivity contribution < 1.29 is 33.3 Å². The fraction of sp³-hybridized carbons (Fsp3) is 0.417. The summed E-state index contributed by atoms with van der Waals surface area (Å²) < 4.78 is 23.3. The summed E-state index contributed by atoms with van der Waals surface area (Å²) in [5.74, 6) is -1.96. The van der Waals surface area contributed by atoms with Gasteiger partial charge in [0, 0.05) is 6.92 Å². The molecule has 2 heterocycles. The third-order valence-electron chi connectivity index (χ3n) is 5.38. The fourth-order valence-corrected chi connectivity index (χ4v) is 3.58. The Hall–Kier alpha value is -4.17. The smallest absolute Gasteiger partial charge is 0.410 e. The quantitative estimate of drug-likeness (QED) is 0.175. The average molecular weight is 567 g/mol. The highest BCUT2D eigenvalue weighted by atomic mass is 35.5. The van der Waals surface area contributed by atoms with Crippen LogP contribution in [-0.2, 0) is 41.9 Å². The highest BCUT2D eigenvalue weighted by Gasteiger charge is 2.58. The van der Waals surface area contributed by atoms with Crippen LogP contribution in [0.1, 0.15) is 39.7 Å². The number of nitrogens with one attached hydrogen (secondary N) is 2. The molecule has 0 saturated heterocycles. The number of nitrogens with two attached hydrogens (primary N) is 1. The monoisotopic (exact) mass is 566 g/mol. The van der Waals surface area contributed by atoms with Crippen molar-refractivity contribution in [1.29, 1.82) is 0 Å². The van der Waals surface area contributed by atoms with Crippen LogP contribution in [0.5, 0.6) is 0 Å². The van der Waals surface area contributed by atoms with Gasteiger partial charge in [0.25, 0.3) is 11.3 Å². The molecule has 0 bridgehead atoms. The summed E-state index contributed by atoms with van der Waals surface area (Å²) in [6, 6.07) is 8.86. The van der Waals surface area contributed by atoms with Gasteiger partial charge in [0.15, 0.2) is 16.8 Å². The molecule has 0 spiro atoms. The molecule has 14 nitrogen and oxygen atoms in total. The Kier molecular flexibility index (Phi) is 10.4. The van der Waals surface area contributed by atoms with Gasteiger partial charge in [-0.15, -0.1) is 12.4 Å². The zero-order valence-corrected chi connectivity index (χ0v) is 22.7. The number of nitrogen functional groups attached to an aromatic ring is 1. The van der Waals surface area contributed by atoms with Gasteiger partial charge in [0.1, 0.15) is 13.3 Å². The topological polar surface area (TPSA) is 190 Å².